The molecule has 0 radical (unpaired) electrons. The number of nitrogens with zero attached hydrogens (tertiary/aromatic N) is 3. The van der Waals surface area contributed by atoms with Crippen molar-refractivity contribution < 1.29 is 9.59 Å². The van der Waals surface area contributed by atoms with Gasteiger partial charge in [0.2, 0.25) is 0 Å². The first-order chi connectivity index (χ1) is 13.0. The molecule has 1 aliphatic rings. The number of carbonyl (C=O) groups is 2. The second-order valence-electron chi connectivity index (χ2n) is 7.30. The van der Waals surface area contributed by atoms with E-state index in [2.05, 4.69) is 11.9 Å². The second kappa shape index (κ2) is 8.33. The topological polar surface area (TPSA) is 53.5 Å². The minimum atomic E-state index is -0.190. The second-order valence-corrected chi connectivity index (χ2v) is 7.30. The van der Waals surface area contributed by atoms with Gasteiger partial charge in [0, 0.05) is 25.3 Å². The van der Waals surface area contributed by atoms with Crippen molar-refractivity contribution in [3.05, 3.63) is 59.4 Å². The van der Waals surface area contributed by atoms with E-state index in [9.17, 15) is 9.59 Å². The SMILES string of the molecule is CCN(C(=O)c1cccc(C(=O)N2CCCC(C)C2)n1)c1cccc(C)c1. The molecule has 1 aliphatic heterocycles. The minimum Gasteiger partial charge on any atom is -0.337 e. The lowest BCUT2D eigenvalue weighted by Gasteiger charge is -2.30. The first-order valence-electron chi connectivity index (χ1n) is 9.64. The maximum atomic E-state index is 13.0. The number of likely N-dealkylation sites (tertiary alicyclic amines) is 1. The Hall–Kier alpha value is -2.69. The Kier molecular flexibility index (Phi) is 5.89. The molecule has 0 aliphatic carbocycles. The van der Waals surface area contributed by atoms with Gasteiger partial charge in [0.1, 0.15) is 11.4 Å². The van der Waals surface area contributed by atoms with E-state index in [-0.39, 0.29) is 11.8 Å². The van der Waals surface area contributed by atoms with E-state index >= 15 is 0 Å². The van der Waals surface area contributed by atoms with Gasteiger partial charge in [-0.25, -0.2) is 4.98 Å². The highest BCUT2D eigenvalue weighted by Crippen LogP contribution is 2.20. The van der Waals surface area contributed by atoms with Crippen LogP contribution in [0.4, 0.5) is 5.69 Å². The van der Waals surface area contributed by atoms with E-state index in [4.69, 9.17) is 0 Å². The van der Waals surface area contributed by atoms with Crippen LogP contribution in [0.5, 0.6) is 0 Å². The molecule has 1 atom stereocenters. The van der Waals surface area contributed by atoms with Gasteiger partial charge in [-0.1, -0.05) is 25.1 Å². The van der Waals surface area contributed by atoms with Gasteiger partial charge >= 0.3 is 0 Å². The van der Waals surface area contributed by atoms with Crippen LogP contribution in [-0.4, -0.2) is 41.3 Å². The molecule has 2 amide bonds. The van der Waals surface area contributed by atoms with E-state index in [1.54, 1.807) is 23.1 Å². The van der Waals surface area contributed by atoms with Crippen LogP contribution >= 0.6 is 0 Å². The zero-order chi connectivity index (χ0) is 19.4. The van der Waals surface area contributed by atoms with Gasteiger partial charge in [-0.3, -0.25) is 9.59 Å². The molecule has 5 heteroatoms. The maximum Gasteiger partial charge on any atom is 0.276 e. The van der Waals surface area contributed by atoms with Crippen molar-refractivity contribution >= 4 is 17.5 Å². The average Bonchev–Trinajstić information content (AvgIpc) is 2.68. The van der Waals surface area contributed by atoms with E-state index in [0.29, 0.717) is 23.9 Å². The molecule has 2 heterocycles. The molecule has 0 saturated carbocycles. The molecule has 3 rings (SSSR count). The molecular formula is C22H27N3O2. The predicted octanol–water partition coefficient (Wildman–Crippen LogP) is 3.93. The number of piperidine rings is 1. The summed E-state index contributed by atoms with van der Waals surface area (Å²) >= 11 is 0. The molecule has 142 valence electrons. The van der Waals surface area contributed by atoms with Crippen LogP contribution in [0.3, 0.4) is 0 Å². The van der Waals surface area contributed by atoms with E-state index < -0.39 is 0 Å². The summed E-state index contributed by atoms with van der Waals surface area (Å²) in [4.78, 5) is 33.8. The van der Waals surface area contributed by atoms with Crippen molar-refractivity contribution in [2.45, 2.75) is 33.6 Å². The number of aromatic nitrogens is 1. The van der Waals surface area contributed by atoms with Crippen LogP contribution < -0.4 is 4.90 Å². The van der Waals surface area contributed by atoms with Crippen LogP contribution in [0, 0.1) is 12.8 Å². The molecule has 27 heavy (non-hydrogen) atoms. The van der Waals surface area contributed by atoms with E-state index in [1.807, 2.05) is 43.0 Å². The van der Waals surface area contributed by atoms with E-state index in [1.165, 1.54) is 0 Å². The summed E-state index contributed by atoms with van der Waals surface area (Å²) < 4.78 is 0. The fourth-order valence-corrected chi connectivity index (χ4v) is 3.59. The van der Waals surface area contributed by atoms with Gasteiger partial charge in [0.05, 0.1) is 0 Å². The third-order valence-corrected chi connectivity index (χ3v) is 5.01. The lowest BCUT2D eigenvalue weighted by atomic mass is 10.00. The average molecular weight is 365 g/mol. The van der Waals surface area contributed by atoms with Gasteiger partial charge in [0.15, 0.2) is 0 Å². The number of benzene rings is 1. The molecule has 0 spiro atoms. The number of rotatable bonds is 4. The number of anilines is 1. The zero-order valence-corrected chi connectivity index (χ0v) is 16.3. The molecule has 1 fully saturated rings. The zero-order valence-electron chi connectivity index (χ0n) is 16.3. The Bertz CT molecular complexity index is 834. The van der Waals surface area contributed by atoms with Crippen molar-refractivity contribution in [3.8, 4) is 0 Å². The van der Waals surface area contributed by atoms with Gasteiger partial charge in [0.25, 0.3) is 11.8 Å². The smallest absolute Gasteiger partial charge is 0.276 e. The van der Waals surface area contributed by atoms with Crippen molar-refractivity contribution in [2.24, 2.45) is 5.92 Å². The fraction of sp³-hybridized carbons (Fsp3) is 0.409. The van der Waals surface area contributed by atoms with Gasteiger partial charge in [-0.15, -0.1) is 0 Å². The van der Waals surface area contributed by atoms with Crippen LogP contribution in [0.2, 0.25) is 0 Å². The predicted molar refractivity (Wildman–Crippen MR) is 107 cm³/mol. The highest BCUT2D eigenvalue weighted by Gasteiger charge is 2.24. The molecule has 5 nitrogen and oxygen atoms in total. The summed E-state index contributed by atoms with van der Waals surface area (Å²) in [7, 11) is 0. The van der Waals surface area contributed by atoms with Crippen molar-refractivity contribution in [1.82, 2.24) is 9.88 Å². The first-order valence-corrected chi connectivity index (χ1v) is 9.64. The summed E-state index contributed by atoms with van der Waals surface area (Å²) in [5.41, 5.74) is 2.57. The summed E-state index contributed by atoms with van der Waals surface area (Å²) in [5.74, 6) is 0.226. The Morgan fingerprint density at radius 3 is 2.63 bits per heavy atom. The summed E-state index contributed by atoms with van der Waals surface area (Å²) in [6.07, 6.45) is 2.17. The van der Waals surface area contributed by atoms with Crippen molar-refractivity contribution in [3.63, 3.8) is 0 Å². The molecule has 0 N–H and O–H groups in total. The van der Waals surface area contributed by atoms with Crippen LogP contribution in [0.1, 0.15) is 53.2 Å². The molecule has 1 aromatic heterocycles. The molecule has 1 saturated heterocycles. The molecular weight excluding hydrogens is 338 g/mol. The number of hydrogen-bond donors (Lipinski definition) is 0. The first kappa shape index (κ1) is 19.1. The van der Waals surface area contributed by atoms with Gasteiger partial charge in [-0.05, 0) is 62.4 Å². The lowest BCUT2D eigenvalue weighted by Crippen LogP contribution is -2.39. The molecule has 1 unspecified atom stereocenters. The Morgan fingerprint density at radius 1 is 1.19 bits per heavy atom. The van der Waals surface area contributed by atoms with Crippen LogP contribution in [0.15, 0.2) is 42.5 Å². The monoisotopic (exact) mass is 365 g/mol. The van der Waals surface area contributed by atoms with Crippen LogP contribution in [0.25, 0.3) is 0 Å². The van der Waals surface area contributed by atoms with Gasteiger partial charge in [-0.2, -0.15) is 0 Å². The molecule has 0 bridgehead atoms. The third kappa shape index (κ3) is 4.35. The summed E-state index contributed by atoms with van der Waals surface area (Å²) in [6, 6.07) is 12.9. The standard InChI is InChI=1S/C22H27N3O2/c1-4-25(18-10-5-8-16(2)14-18)22(27)20-12-6-11-19(23-20)21(26)24-13-7-9-17(3)15-24/h5-6,8,10-12,14,17H,4,7,9,13,15H2,1-3H3. The highest BCUT2D eigenvalue weighted by molar-refractivity contribution is 6.05. The van der Waals surface area contributed by atoms with E-state index in [0.717, 1.165) is 37.2 Å². The Labute approximate surface area is 161 Å². The minimum absolute atomic E-state index is 0.0881. The Morgan fingerprint density at radius 2 is 1.93 bits per heavy atom. The maximum absolute atomic E-state index is 13.0. The van der Waals surface area contributed by atoms with Crippen molar-refractivity contribution in [2.75, 3.05) is 24.5 Å². The number of pyridine rings is 1. The fourth-order valence-electron chi connectivity index (χ4n) is 3.59. The van der Waals surface area contributed by atoms with Crippen molar-refractivity contribution in [1.29, 1.82) is 0 Å². The number of hydrogen-bond acceptors (Lipinski definition) is 3. The number of aryl methyl sites for hydroxylation is 1. The number of amides is 2. The normalized spacial score (nSPS) is 16.9. The summed E-state index contributed by atoms with van der Waals surface area (Å²) in [6.45, 7) is 8.14. The largest absolute Gasteiger partial charge is 0.337 e. The Balaban J connectivity index is 1.83. The number of carbonyl (C=O) groups excluding carboxylic acids is 2. The summed E-state index contributed by atoms with van der Waals surface area (Å²) in [5, 5.41) is 0. The third-order valence-electron chi connectivity index (χ3n) is 5.01. The van der Waals surface area contributed by atoms with Gasteiger partial charge < -0.3 is 9.80 Å². The van der Waals surface area contributed by atoms with Crippen LogP contribution in [-0.2, 0) is 0 Å². The quantitative estimate of drug-likeness (QED) is 0.825. The molecule has 2 aromatic rings. The molecule has 1 aromatic carbocycles. The highest BCUT2D eigenvalue weighted by atomic mass is 16.2. The lowest BCUT2D eigenvalue weighted by molar-refractivity contribution is 0.0677.